The molecule has 1 aromatic rings. The number of nitrogens with zero attached hydrogens (tertiary/aromatic N) is 2. The molecule has 3 heterocycles. The van der Waals surface area contributed by atoms with E-state index in [0.29, 0.717) is 5.92 Å². The molecule has 21 heavy (non-hydrogen) atoms. The lowest BCUT2D eigenvalue weighted by Crippen LogP contribution is -2.42. The summed E-state index contributed by atoms with van der Waals surface area (Å²) in [6.07, 6.45) is 6.18. The van der Waals surface area contributed by atoms with Crippen molar-refractivity contribution in [1.29, 1.82) is 0 Å². The number of piperidine rings is 2. The molecule has 6 heteroatoms. The number of aromatic amines is 1. The van der Waals surface area contributed by atoms with E-state index in [1.807, 2.05) is 11.0 Å². The van der Waals surface area contributed by atoms with E-state index in [1.165, 1.54) is 0 Å². The Bertz CT molecular complexity index is 443. The third kappa shape index (κ3) is 3.83. The minimum absolute atomic E-state index is 0.123. The van der Waals surface area contributed by atoms with Crippen molar-refractivity contribution < 1.29 is 9.53 Å². The fourth-order valence-electron chi connectivity index (χ4n) is 3.19. The van der Waals surface area contributed by atoms with Gasteiger partial charge in [-0.1, -0.05) is 0 Å². The molecule has 0 aromatic carbocycles. The molecular weight excluding hydrogens is 268 g/mol. The molecule has 2 saturated heterocycles. The maximum atomic E-state index is 12.3. The summed E-state index contributed by atoms with van der Waals surface area (Å²) in [5.41, 5.74) is 1.13. The van der Waals surface area contributed by atoms with Crippen molar-refractivity contribution >= 4 is 5.91 Å². The van der Waals surface area contributed by atoms with Gasteiger partial charge in [0, 0.05) is 30.9 Å². The first-order chi connectivity index (χ1) is 10.3. The van der Waals surface area contributed by atoms with Crippen molar-refractivity contribution in [3.63, 3.8) is 0 Å². The zero-order chi connectivity index (χ0) is 14.5. The van der Waals surface area contributed by atoms with Crippen LogP contribution in [0.25, 0.3) is 0 Å². The standard InChI is InChI=1S/C15H24N4O2/c20-15(11-21-13-3-6-16-7-4-13)19-9-1-2-12(10-19)14-5-8-17-18-14/h5,8,12-13,16H,1-4,6-7,9-11H2,(H,17,18). The summed E-state index contributed by atoms with van der Waals surface area (Å²) >= 11 is 0. The normalized spacial score (nSPS) is 24.2. The number of carbonyl (C=O) groups excluding carboxylic acids is 1. The van der Waals surface area contributed by atoms with Gasteiger partial charge in [-0.25, -0.2) is 0 Å². The number of ether oxygens (including phenoxy) is 1. The summed E-state index contributed by atoms with van der Waals surface area (Å²) in [4.78, 5) is 14.3. The van der Waals surface area contributed by atoms with Gasteiger partial charge in [0.25, 0.3) is 0 Å². The largest absolute Gasteiger partial charge is 0.368 e. The van der Waals surface area contributed by atoms with E-state index in [9.17, 15) is 4.79 Å². The molecule has 2 fully saturated rings. The van der Waals surface area contributed by atoms with E-state index in [0.717, 1.165) is 57.6 Å². The predicted molar refractivity (Wildman–Crippen MR) is 79.0 cm³/mol. The molecule has 0 spiro atoms. The molecule has 0 radical (unpaired) electrons. The number of amides is 1. The van der Waals surface area contributed by atoms with Gasteiger partial charge in [0.15, 0.2) is 0 Å². The first-order valence-corrected chi connectivity index (χ1v) is 7.92. The van der Waals surface area contributed by atoms with Crippen molar-refractivity contribution in [3.8, 4) is 0 Å². The molecule has 116 valence electrons. The zero-order valence-electron chi connectivity index (χ0n) is 12.4. The van der Waals surface area contributed by atoms with E-state index in [-0.39, 0.29) is 18.6 Å². The summed E-state index contributed by atoms with van der Waals surface area (Å²) in [6.45, 7) is 3.82. The molecule has 0 saturated carbocycles. The summed E-state index contributed by atoms with van der Waals surface area (Å²) < 4.78 is 5.77. The third-order valence-corrected chi connectivity index (χ3v) is 4.46. The second-order valence-corrected chi connectivity index (χ2v) is 5.95. The lowest BCUT2D eigenvalue weighted by molar-refractivity contribution is -0.140. The zero-order valence-corrected chi connectivity index (χ0v) is 12.4. The third-order valence-electron chi connectivity index (χ3n) is 4.46. The van der Waals surface area contributed by atoms with Crippen molar-refractivity contribution in [1.82, 2.24) is 20.4 Å². The molecule has 1 atom stereocenters. The Hall–Kier alpha value is -1.40. The van der Waals surface area contributed by atoms with Crippen LogP contribution in [-0.2, 0) is 9.53 Å². The van der Waals surface area contributed by atoms with E-state index in [1.54, 1.807) is 6.20 Å². The van der Waals surface area contributed by atoms with E-state index in [2.05, 4.69) is 15.5 Å². The van der Waals surface area contributed by atoms with Crippen LogP contribution in [0, 0.1) is 0 Å². The van der Waals surface area contributed by atoms with Crippen LogP contribution in [-0.4, -0.2) is 59.9 Å². The highest BCUT2D eigenvalue weighted by Gasteiger charge is 2.26. The maximum Gasteiger partial charge on any atom is 0.248 e. The summed E-state index contributed by atoms with van der Waals surface area (Å²) in [5, 5.41) is 10.3. The summed E-state index contributed by atoms with van der Waals surface area (Å²) in [5.74, 6) is 0.502. The summed E-state index contributed by atoms with van der Waals surface area (Å²) in [6, 6.07) is 2.00. The van der Waals surface area contributed by atoms with Gasteiger partial charge in [0.05, 0.1) is 6.10 Å². The molecule has 0 bridgehead atoms. The van der Waals surface area contributed by atoms with Gasteiger partial charge in [-0.05, 0) is 44.8 Å². The highest BCUT2D eigenvalue weighted by atomic mass is 16.5. The Morgan fingerprint density at radius 2 is 2.24 bits per heavy atom. The van der Waals surface area contributed by atoms with E-state index in [4.69, 9.17) is 4.74 Å². The fraction of sp³-hybridized carbons (Fsp3) is 0.733. The Morgan fingerprint density at radius 1 is 1.38 bits per heavy atom. The SMILES string of the molecule is O=C(COC1CCNCC1)N1CCCC(c2ccn[nH]2)C1. The van der Waals surface area contributed by atoms with Gasteiger partial charge in [-0.3, -0.25) is 9.89 Å². The van der Waals surface area contributed by atoms with Crippen molar-refractivity contribution in [3.05, 3.63) is 18.0 Å². The van der Waals surface area contributed by atoms with Crippen LogP contribution in [0.5, 0.6) is 0 Å². The van der Waals surface area contributed by atoms with Gasteiger partial charge < -0.3 is 15.0 Å². The van der Waals surface area contributed by atoms with Crippen LogP contribution < -0.4 is 5.32 Å². The maximum absolute atomic E-state index is 12.3. The second-order valence-electron chi connectivity index (χ2n) is 5.95. The molecule has 3 rings (SSSR count). The van der Waals surface area contributed by atoms with Gasteiger partial charge in [-0.2, -0.15) is 5.10 Å². The van der Waals surface area contributed by atoms with Crippen molar-refractivity contribution in [2.45, 2.75) is 37.7 Å². The number of hydrogen-bond acceptors (Lipinski definition) is 4. The highest BCUT2D eigenvalue weighted by Crippen LogP contribution is 2.25. The number of H-pyrrole nitrogens is 1. The van der Waals surface area contributed by atoms with Crippen LogP contribution in [0.15, 0.2) is 12.3 Å². The first kappa shape index (κ1) is 14.5. The molecule has 1 amide bonds. The number of likely N-dealkylation sites (tertiary alicyclic amines) is 1. The minimum atomic E-state index is 0.123. The Kier molecular flexibility index (Phi) is 4.87. The Labute approximate surface area is 125 Å². The molecule has 2 aliphatic rings. The topological polar surface area (TPSA) is 70.2 Å². The molecule has 1 aromatic heterocycles. The van der Waals surface area contributed by atoms with Crippen molar-refractivity contribution in [2.75, 3.05) is 32.8 Å². The average Bonchev–Trinajstić information content (AvgIpc) is 3.08. The molecule has 6 nitrogen and oxygen atoms in total. The molecule has 2 N–H and O–H groups in total. The first-order valence-electron chi connectivity index (χ1n) is 7.92. The fourth-order valence-corrected chi connectivity index (χ4v) is 3.19. The smallest absolute Gasteiger partial charge is 0.248 e. The van der Waals surface area contributed by atoms with Crippen LogP contribution in [0.3, 0.4) is 0 Å². The number of carbonyl (C=O) groups is 1. The molecular formula is C15H24N4O2. The quantitative estimate of drug-likeness (QED) is 0.864. The summed E-state index contributed by atoms with van der Waals surface area (Å²) in [7, 11) is 0. The lowest BCUT2D eigenvalue weighted by Gasteiger charge is -2.33. The monoisotopic (exact) mass is 292 g/mol. The van der Waals surface area contributed by atoms with E-state index < -0.39 is 0 Å². The van der Waals surface area contributed by atoms with Crippen LogP contribution in [0.2, 0.25) is 0 Å². The minimum Gasteiger partial charge on any atom is -0.368 e. The van der Waals surface area contributed by atoms with Crippen LogP contribution in [0.4, 0.5) is 0 Å². The van der Waals surface area contributed by atoms with Crippen molar-refractivity contribution in [2.24, 2.45) is 0 Å². The Balaban J connectivity index is 1.47. The lowest BCUT2D eigenvalue weighted by atomic mass is 9.95. The number of hydrogen-bond donors (Lipinski definition) is 2. The second kappa shape index (κ2) is 7.04. The molecule has 0 aliphatic carbocycles. The number of aromatic nitrogens is 2. The van der Waals surface area contributed by atoms with Gasteiger partial charge in [-0.15, -0.1) is 0 Å². The molecule has 2 aliphatic heterocycles. The Morgan fingerprint density at radius 3 is 3.00 bits per heavy atom. The number of nitrogens with one attached hydrogen (secondary N) is 2. The van der Waals surface area contributed by atoms with Gasteiger partial charge >= 0.3 is 0 Å². The van der Waals surface area contributed by atoms with Gasteiger partial charge in [0.2, 0.25) is 5.91 Å². The predicted octanol–water partition coefficient (Wildman–Crippen LogP) is 0.884. The van der Waals surface area contributed by atoms with Crippen LogP contribution >= 0.6 is 0 Å². The molecule has 1 unspecified atom stereocenters. The number of rotatable bonds is 4. The van der Waals surface area contributed by atoms with E-state index >= 15 is 0 Å². The average molecular weight is 292 g/mol. The van der Waals surface area contributed by atoms with Gasteiger partial charge in [0.1, 0.15) is 6.61 Å². The highest BCUT2D eigenvalue weighted by molar-refractivity contribution is 5.77. The van der Waals surface area contributed by atoms with Crippen LogP contribution in [0.1, 0.15) is 37.3 Å².